The van der Waals surface area contributed by atoms with Crippen molar-refractivity contribution in [2.45, 2.75) is 31.1 Å². The van der Waals surface area contributed by atoms with E-state index in [-0.39, 0.29) is 17.1 Å². The van der Waals surface area contributed by atoms with E-state index in [1.54, 1.807) is 0 Å². The zero-order valence-corrected chi connectivity index (χ0v) is 12.3. The number of rotatable bonds is 2. The smallest absolute Gasteiger partial charge is 0.290 e. The van der Waals surface area contributed by atoms with Gasteiger partial charge in [0.1, 0.15) is 0 Å². The molecule has 2 aliphatic rings. The highest BCUT2D eigenvalue weighted by atomic mass is 79.9. The Morgan fingerprint density at radius 2 is 2.12 bits per heavy atom. The molecule has 90 valence electrons. The third-order valence-corrected chi connectivity index (χ3v) is 7.15. The first-order chi connectivity index (χ1) is 7.25. The van der Waals surface area contributed by atoms with Gasteiger partial charge in [0.15, 0.2) is 0 Å². The number of halogens is 2. The fourth-order valence-electron chi connectivity index (χ4n) is 3.40. The molecule has 16 heavy (non-hydrogen) atoms. The first-order valence-corrected chi connectivity index (χ1v) is 7.11. The van der Waals surface area contributed by atoms with Gasteiger partial charge in [-0.2, -0.15) is 0 Å². The lowest BCUT2D eigenvalue weighted by atomic mass is 9.70. The summed E-state index contributed by atoms with van der Waals surface area (Å²) in [5, 5.41) is 11.8. The number of carbonyl (C=O) groups excluding carboxylic acids is 1. The van der Waals surface area contributed by atoms with Gasteiger partial charge in [-0.05, 0) is 12.8 Å². The van der Waals surface area contributed by atoms with Crippen LogP contribution in [-0.2, 0) is 4.79 Å². The summed E-state index contributed by atoms with van der Waals surface area (Å²) < 4.78 is -1.57. The quantitative estimate of drug-likeness (QED) is 0.331. The SMILES string of the molecule is C[C@]12CC[C@H]([C@](Br)([N+](=O)[O-])C1=O)[C@@]2(C)CBr. The summed E-state index contributed by atoms with van der Waals surface area (Å²) in [6.07, 6.45) is 1.48. The number of alkyl halides is 2. The third kappa shape index (κ3) is 1.03. The molecular formula is C10H13Br2NO3. The molecule has 4 atom stereocenters. The molecule has 0 spiro atoms. The molecule has 2 aliphatic carbocycles. The number of carbonyl (C=O) groups is 1. The van der Waals surface area contributed by atoms with Gasteiger partial charge >= 0.3 is 4.45 Å². The van der Waals surface area contributed by atoms with Crippen LogP contribution in [0.15, 0.2) is 0 Å². The summed E-state index contributed by atoms with van der Waals surface area (Å²) >= 11 is 6.54. The van der Waals surface area contributed by atoms with Gasteiger partial charge in [-0.3, -0.25) is 14.9 Å². The van der Waals surface area contributed by atoms with Crippen molar-refractivity contribution in [2.24, 2.45) is 16.7 Å². The van der Waals surface area contributed by atoms with Gasteiger partial charge in [0, 0.05) is 37.0 Å². The minimum atomic E-state index is -1.57. The topological polar surface area (TPSA) is 60.2 Å². The van der Waals surface area contributed by atoms with Gasteiger partial charge in [0.05, 0.1) is 5.92 Å². The predicted molar refractivity (Wildman–Crippen MR) is 66.4 cm³/mol. The normalized spacial score (nSPS) is 51.0. The summed E-state index contributed by atoms with van der Waals surface area (Å²) in [7, 11) is 0. The second kappa shape index (κ2) is 3.28. The molecule has 6 heteroatoms. The van der Waals surface area contributed by atoms with Gasteiger partial charge in [0.2, 0.25) is 5.78 Å². The first-order valence-electron chi connectivity index (χ1n) is 5.19. The van der Waals surface area contributed by atoms with Gasteiger partial charge in [0.25, 0.3) is 0 Å². The van der Waals surface area contributed by atoms with E-state index in [2.05, 4.69) is 31.9 Å². The van der Waals surface area contributed by atoms with E-state index >= 15 is 0 Å². The molecular weight excluding hydrogens is 342 g/mol. The van der Waals surface area contributed by atoms with Crippen LogP contribution >= 0.6 is 31.9 Å². The van der Waals surface area contributed by atoms with Gasteiger partial charge in [-0.15, -0.1) is 0 Å². The van der Waals surface area contributed by atoms with Crippen LogP contribution in [0.3, 0.4) is 0 Å². The minimum absolute atomic E-state index is 0.230. The summed E-state index contributed by atoms with van der Waals surface area (Å²) in [6, 6.07) is 0. The highest BCUT2D eigenvalue weighted by Crippen LogP contribution is 2.69. The van der Waals surface area contributed by atoms with Gasteiger partial charge in [-0.25, -0.2) is 0 Å². The van der Waals surface area contributed by atoms with Crippen LogP contribution < -0.4 is 0 Å². The highest BCUT2D eigenvalue weighted by Gasteiger charge is 2.79. The molecule has 2 rings (SSSR count). The average Bonchev–Trinajstić information content (AvgIpc) is 2.56. The Balaban J connectivity index is 2.61. The van der Waals surface area contributed by atoms with E-state index in [1.807, 2.05) is 13.8 Å². The summed E-state index contributed by atoms with van der Waals surface area (Å²) in [6.45, 7) is 3.84. The number of ketones is 1. The van der Waals surface area contributed by atoms with Crippen molar-refractivity contribution >= 4 is 37.6 Å². The minimum Gasteiger partial charge on any atom is -0.290 e. The molecule has 0 aromatic heterocycles. The lowest BCUT2D eigenvalue weighted by Gasteiger charge is -2.33. The van der Waals surface area contributed by atoms with Crippen LogP contribution in [0, 0.1) is 26.9 Å². The zero-order valence-electron chi connectivity index (χ0n) is 9.13. The maximum Gasteiger partial charge on any atom is 0.335 e. The largest absolute Gasteiger partial charge is 0.335 e. The molecule has 0 N–H and O–H groups in total. The Bertz CT molecular complexity index is 388. The fourth-order valence-corrected chi connectivity index (χ4v) is 5.59. The fraction of sp³-hybridized carbons (Fsp3) is 0.900. The van der Waals surface area contributed by atoms with Crippen molar-refractivity contribution in [1.82, 2.24) is 0 Å². The van der Waals surface area contributed by atoms with E-state index in [1.165, 1.54) is 0 Å². The molecule has 0 saturated heterocycles. The van der Waals surface area contributed by atoms with Gasteiger partial charge < -0.3 is 0 Å². The Kier molecular flexibility index (Phi) is 2.56. The molecule has 2 saturated carbocycles. The number of Topliss-reactive ketones (excluding diaryl/α,β-unsaturated/α-hetero) is 1. The molecule has 0 unspecified atom stereocenters. The Hall–Kier alpha value is 0.0300. The van der Waals surface area contributed by atoms with E-state index < -0.39 is 14.8 Å². The van der Waals surface area contributed by atoms with Crippen LogP contribution in [0.25, 0.3) is 0 Å². The number of hydrogen-bond acceptors (Lipinski definition) is 3. The number of fused-ring (bicyclic) bond motifs is 2. The van der Waals surface area contributed by atoms with Crippen LogP contribution in [0.4, 0.5) is 0 Å². The van der Waals surface area contributed by atoms with Crippen molar-refractivity contribution in [3.63, 3.8) is 0 Å². The molecule has 0 radical (unpaired) electrons. The van der Waals surface area contributed by atoms with Crippen LogP contribution in [0.2, 0.25) is 0 Å². The highest BCUT2D eigenvalue weighted by molar-refractivity contribution is 9.10. The molecule has 0 amide bonds. The monoisotopic (exact) mass is 353 g/mol. The lowest BCUT2D eigenvalue weighted by molar-refractivity contribution is -0.529. The predicted octanol–water partition coefficient (Wildman–Crippen LogP) is 2.75. The summed E-state index contributed by atoms with van der Waals surface area (Å²) in [5.74, 6) is -0.491. The van der Waals surface area contributed by atoms with E-state index in [0.29, 0.717) is 5.33 Å². The molecule has 4 nitrogen and oxygen atoms in total. The van der Waals surface area contributed by atoms with Crippen molar-refractivity contribution in [3.8, 4) is 0 Å². The van der Waals surface area contributed by atoms with Crippen LogP contribution in [0.1, 0.15) is 26.7 Å². The van der Waals surface area contributed by atoms with Gasteiger partial charge in [-0.1, -0.05) is 29.8 Å². The Labute approximate surface area is 111 Å². The van der Waals surface area contributed by atoms with E-state index in [4.69, 9.17) is 0 Å². The van der Waals surface area contributed by atoms with Crippen molar-refractivity contribution in [1.29, 1.82) is 0 Å². The molecule has 0 aromatic rings. The third-order valence-electron chi connectivity index (χ3n) is 4.79. The van der Waals surface area contributed by atoms with Crippen molar-refractivity contribution in [2.75, 3.05) is 5.33 Å². The zero-order chi connectivity index (χ0) is 12.4. The molecule has 2 fully saturated rings. The van der Waals surface area contributed by atoms with E-state index in [9.17, 15) is 14.9 Å². The maximum absolute atomic E-state index is 12.3. The Morgan fingerprint density at radius 1 is 1.56 bits per heavy atom. The van der Waals surface area contributed by atoms with Crippen molar-refractivity contribution in [3.05, 3.63) is 10.1 Å². The average molecular weight is 355 g/mol. The second-order valence-electron chi connectivity index (χ2n) is 5.23. The standard InChI is InChI=1S/C10H13Br2NO3/c1-8-4-3-6(9(8,2)5-11)10(12,7(8)14)13(15)16/h6H,3-5H2,1-2H3/t6-,8-,9+,10-/m0/s1. The number of nitro groups is 1. The van der Waals surface area contributed by atoms with Crippen molar-refractivity contribution < 1.29 is 9.72 Å². The first kappa shape index (κ1) is 12.5. The molecule has 2 bridgehead atoms. The van der Waals surface area contributed by atoms with Crippen LogP contribution in [0.5, 0.6) is 0 Å². The lowest BCUT2D eigenvalue weighted by Crippen LogP contribution is -2.47. The summed E-state index contributed by atoms with van der Waals surface area (Å²) in [4.78, 5) is 23.1. The van der Waals surface area contributed by atoms with Crippen LogP contribution in [-0.4, -0.2) is 20.5 Å². The number of hydrogen-bond donors (Lipinski definition) is 0. The number of nitrogens with zero attached hydrogens (tertiary/aromatic N) is 1. The Morgan fingerprint density at radius 3 is 2.44 bits per heavy atom. The maximum atomic E-state index is 12.3. The molecule has 0 heterocycles. The second-order valence-corrected chi connectivity index (χ2v) is 7.00. The van der Waals surface area contributed by atoms with E-state index in [0.717, 1.165) is 12.8 Å². The molecule has 0 aliphatic heterocycles. The summed E-state index contributed by atoms with van der Waals surface area (Å²) in [5.41, 5.74) is -0.918. The molecule has 0 aromatic carbocycles.